The second-order valence-electron chi connectivity index (χ2n) is 3.66. The lowest BCUT2D eigenvalue weighted by molar-refractivity contribution is 0.282. The molecule has 0 radical (unpaired) electrons. The molecule has 0 saturated heterocycles. The van der Waals surface area contributed by atoms with Crippen molar-refractivity contribution < 1.29 is 5.11 Å². The van der Waals surface area contributed by atoms with Gasteiger partial charge in [0, 0.05) is 17.8 Å². The van der Waals surface area contributed by atoms with Crippen molar-refractivity contribution in [3.63, 3.8) is 0 Å². The number of hydrogen-bond donors (Lipinski definition) is 2. The van der Waals surface area contributed by atoms with Crippen LogP contribution in [0.15, 0.2) is 18.2 Å². The lowest BCUT2D eigenvalue weighted by atomic mass is 9.91. The van der Waals surface area contributed by atoms with Crippen LogP contribution < -0.4 is 5.32 Å². The Morgan fingerprint density at radius 2 is 2.38 bits per heavy atom. The predicted octanol–water partition coefficient (Wildman–Crippen LogP) is 2.10. The third kappa shape index (κ3) is 1.42. The van der Waals surface area contributed by atoms with Gasteiger partial charge in [-0.2, -0.15) is 0 Å². The summed E-state index contributed by atoms with van der Waals surface area (Å²) in [5.41, 5.74) is 3.52. The molecule has 0 aromatic heterocycles. The monoisotopic (exact) mass is 177 g/mol. The van der Waals surface area contributed by atoms with Crippen molar-refractivity contribution in [1.82, 2.24) is 0 Å². The van der Waals surface area contributed by atoms with E-state index in [0.717, 1.165) is 17.8 Å². The highest BCUT2D eigenvalue weighted by Gasteiger charge is 2.17. The number of nitrogens with one attached hydrogen (secondary N) is 1. The first-order chi connectivity index (χ1) is 6.33. The fourth-order valence-corrected chi connectivity index (χ4v) is 1.95. The second kappa shape index (κ2) is 3.38. The highest BCUT2D eigenvalue weighted by molar-refractivity contribution is 5.60. The largest absolute Gasteiger partial charge is 0.392 e. The van der Waals surface area contributed by atoms with Gasteiger partial charge in [0.05, 0.1) is 6.61 Å². The minimum Gasteiger partial charge on any atom is -0.392 e. The van der Waals surface area contributed by atoms with Crippen molar-refractivity contribution in [2.24, 2.45) is 0 Å². The van der Waals surface area contributed by atoms with Crippen LogP contribution in [0.3, 0.4) is 0 Å². The average Bonchev–Trinajstić information content (AvgIpc) is 2.18. The summed E-state index contributed by atoms with van der Waals surface area (Å²) in [4.78, 5) is 0. The number of benzene rings is 1. The zero-order valence-electron chi connectivity index (χ0n) is 7.88. The van der Waals surface area contributed by atoms with Crippen molar-refractivity contribution in [3.8, 4) is 0 Å². The van der Waals surface area contributed by atoms with Gasteiger partial charge in [-0.15, -0.1) is 0 Å². The highest BCUT2D eigenvalue weighted by atomic mass is 16.3. The van der Waals surface area contributed by atoms with Gasteiger partial charge in [-0.1, -0.05) is 25.1 Å². The summed E-state index contributed by atoms with van der Waals surface area (Å²) >= 11 is 0. The number of aliphatic hydroxyl groups is 1. The summed E-state index contributed by atoms with van der Waals surface area (Å²) in [7, 11) is 0. The Morgan fingerprint density at radius 3 is 3.15 bits per heavy atom. The van der Waals surface area contributed by atoms with Gasteiger partial charge >= 0.3 is 0 Å². The maximum absolute atomic E-state index is 9.14. The molecule has 1 atom stereocenters. The van der Waals surface area contributed by atoms with Crippen LogP contribution in [0, 0.1) is 0 Å². The molecular weight excluding hydrogens is 162 g/mol. The van der Waals surface area contributed by atoms with Gasteiger partial charge in [0.1, 0.15) is 0 Å². The minimum absolute atomic E-state index is 0.128. The van der Waals surface area contributed by atoms with E-state index in [2.05, 4.69) is 18.3 Å². The zero-order chi connectivity index (χ0) is 9.26. The summed E-state index contributed by atoms with van der Waals surface area (Å²) in [6.45, 7) is 3.38. The lowest BCUT2D eigenvalue weighted by Crippen LogP contribution is -2.16. The summed E-state index contributed by atoms with van der Waals surface area (Å²) < 4.78 is 0. The van der Waals surface area contributed by atoms with Crippen molar-refractivity contribution in [2.45, 2.75) is 25.9 Å². The van der Waals surface area contributed by atoms with Gasteiger partial charge in [-0.3, -0.25) is 0 Å². The standard InChI is InChI=1S/C11H15NO/c1-8-5-6-12-11-9(7-13)3-2-4-10(8)11/h2-4,8,12-13H,5-7H2,1H3. The molecule has 1 aromatic carbocycles. The summed E-state index contributed by atoms with van der Waals surface area (Å²) in [5, 5.41) is 12.5. The predicted molar refractivity (Wildman–Crippen MR) is 53.9 cm³/mol. The first-order valence-corrected chi connectivity index (χ1v) is 4.79. The van der Waals surface area contributed by atoms with E-state index in [4.69, 9.17) is 5.11 Å². The summed E-state index contributed by atoms with van der Waals surface area (Å²) in [5.74, 6) is 0.614. The minimum atomic E-state index is 0.128. The van der Waals surface area contributed by atoms with Gasteiger partial charge in [-0.25, -0.2) is 0 Å². The Morgan fingerprint density at radius 1 is 1.54 bits per heavy atom. The first-order valence-electron chi connectivity index (χ1n) is 4.79. The molecule has 2 N–H and O–H groups in total. The average molecular weight is 177 g/mol. The molecule has 1 aliphatic heterocycles. The lowest BCUT2D eigenvalue weighted by Gasteiger charge is -2.25. The molecule has 0 fully saturated rings. The van der Waals surface area contributed by atoms with Crippen LogP contribution in [0.5, 0.6) is 0 Å². The van der Waals surface area contributed by atoms with E-state index in [1.165, 1.54) is 12.0 Å². The van der Waals surface area contributed by atoms with E-state index in [-0.39, 0.29) is 6.61 Å². The number of fused-ring (bicyclic) bond motifs is 1. The molecule has 70 valence electrons. The summed E-state index contributed by atoms with van der Waals surface area (Å²) in [6.07, 6.45) is 1.18. The molecule has 2 nitrogen and oxygen atoms in total. The Labute approximate surface area is 78.6 Å². The Hall–Kier alpha value is -1.02. The Balaban J connectivity index is 2.48. The molecule has 0 spiro atoms. The first kappa shape index (κ1) is 8.57. The van der Waals surface area contributed by atoms with Crippen LogP contribution in [0.1, 0.15) is 30.4 Å². The molecular formula is C11H15NO. The van der Waals surface area contributed by atoms with Gasteiger partial charge in [0.25, 0.3) is 0 Å². The molecule has 1 unspecified atom stereocenters. The molecule has 13 heavy (non-hydrogen) atoms. The molecule has 2 rings (SSSR count). The van der Waals surface area contributed by atoms with Crippen LogP contribution in [0.25, 0.3) is 0 Å². The molecule has 0 aliphatic carbocycles. The van der Waals surface area contributed by atoms with Crippen LogP contribution in [-0.2, 0) is 6.61 Å². The number of para-hydroxylation sites is 1. The molecule has 0 bridgehead atoms. The Kier molecular flexibility index (Phi) is 2.23. The molecule has 0 saturated carbocycles. The Bertz CT molecular complexity index is 309. The second-order valence-corrected chi connectivity index (χ2v) is 3.66. The topological polar surface area (TPSA) is 32.3 Å². The van der Waals surface area contributed by atoms with E-state index >= 15 is 0 Å². The quantitative estimate of drug-likeness (QED) is 0.688. The normalized spacial score (nSPS) is 20.6. The van der Waals surface area contributed by atoms with E-state index in [9.17, 15) is 0 Å². The van der Waals surface area contributed by atoms with Crippen molar-refractivity contribution in [2.75, 3.05) is 11.9 Å². The van der Waals surface area contributed by atoms with Crippen molar-refractivity contribution >= 4 is 5.69 Å². The fourth-order valence-electron chi connectivity index (χ4n) is 1.95. The molecule has 1 heterocycles. The van der Waals surface area contributed by atoms with Crippen LogP contribution in [0.2, 0.25) is 0 Å². The fraction of sp³-hybridized carbons (Fsp3) is 0.455. The maximum atomic E-state index is 9.14. The van der Waals surface area contributed by atoms with Crippen LogP contribution in [0.4, 0.5) is 5.69 Å². The molecule has 0 amide bonds. The number of anilines is 1. The number of rotatable bonds is 1. The van der Waals surface area contributed by atoms with Gasteiger partial charge in [-0.05, 0) is 17.9 Å². The molecule has 1 aromatic rings. The van der Waals surface area contributed by atoms with Crippen LogP contribution in [-0.4, -0.2) is 11.7 Å². The third-order valence-corrected chi connectivity index (χ3v) is 2.76. The maximum Gasteiger partial charge on any atom is 0.0702 e. The van der Waals surface area contributed by atoms with Gasteiger partial charge in [0.15, 0.2) is 0 Å². The molecule has 1 aliphatic rings. The van der Waals surface area contributed by atoms with Gasteiger partial charge in [0.2, 0.25) is 0 Å². The van der Waals surface area contributed by atoms with E-state index in [0.29, 0.717) is 5.92 Å². The van der Waals surface area contributed by atoms with Gasteiger partial charge < -0.3 is 10.4 Å². The van der Waals surface area contributed by atoms with Crippen molar-refractivity contribution in [3.05, 3.63) is 29.3 Å². The third-order valence-electron chi connectivity index (χ3n) is 2.76. The SMILES string of the molecule is CC1CCNc2c(CO)cccc21. The number of hydrogen-bond acceptors (Lipinski definition) is 2. The highest BCUT2D eigenvalue weighted by Crippen LogP contribution is 2.33. The van der Waals surface area contributed by atoms with Crippen molar-refractivity contribution in [1.29, 1.82) is 0 Å². The number of aliphatic hydroxyl groups excluding tert-OH is 1. The zero-order valence-corrected chi connectivity index (χ0v) is 7.88. The molecule has 2 heteroatoms. The van der Waals surface area contributed by atoms with E-state index in [1.54, 1.807) is 0 Å². The van der Waals surface area contributed by atoms with Crippen LogP contribution >= 0.6 is 0 Å². The summed E-state index contributed by atoms with van der Waals surface area (Å²) in [6, 6.07) is 6.14. The van der Waals surface area contributed by atoms with E-state index in [1.807, 2.05) is 12.1 Å². The van der Waals surface area contributed by atoms with E-state index < -0.39 is 0 Å². The smallest absolute Gasteiger partial charge is 0.0702 e.